The Balaban J connectivity index is 1.86. The third kappa shape index (κ3) is 3.99. The maximum absolute atomic E-state index is 12.8. The van der Waals surface area contributed by atoms with Gasteiger partial charge in [0, 0.05) is 31.3 Å². The van der Waals surface area contributed by atoms with E-state index in [-0.39, 0.29) is 18.2 Å². The molecule has 0 unspecified atom stereocenters. The number of benzene rings is 1. The second-order valence-corrected chi connectivity index (χ2v) is 4.61. The Bertz CT molecular complexity index is 564. The molecule has 0 amide bonds. The first kappa shape index (κ1) is 14.4. The van der Waals surface area contributed by atoms with Crippen LogP contribution in [0.3, 0.4) is 0 Å². The van der Waals surface area contributed by atoms with E-state index in [0.717, 1.165) is 12.1 Å². The number of hydrogen-bond donors (Lipinski definition) is 1. The molecule has 0 saturated heterocycles. The highest BCUT2D eigenvalue weighted by Crippen LogP contribution is 2.07. The number of aromatic nitrogens is 2. The van der Waals surface area contributed by atoms with Gasteiger partial charge in [-0.1, -0.05) is 0 Å². The first-order chi connectivity index (χ1) is 9.69. The molecule has 4 nitrogen and oxygen atoms in total. The summed E-state index contributed by atoms with van der Waals surface area (Å²) in [6.45, 7) is 0.693. The van der Waals surface area contributed by atoms with Crippen LogP contribution in [0.25, 0.3) is 0 Å². The molecule has 1 aromatic heterocycles. The van der Waals surface area contributed by atoms with Gasteiger partial charge in [-0.25, -0.2) is 9.37 Å². The Morgan fingerprint density at radius 3 is 2.75 bits per heavy atom. The van der Waals surface area contributed by atoms with Crippen molar-refractivity contribution < 1.29 is 14.3 Å². The number of halogens is 1. The summed E-state index contributed by atoms with van der Waals surface area (Å²) in [6, 6.07) is 5.57. The Kier molecular flexibility index (Phi) is 5.01. The Morgan fingerprint density at radius 1 is 1.30 bits per heavy atom. The van der Waals surface area contributed by atoms with Crippen molar-refractivity contribution in [3.05, 3.63) is 53.9 Å². The van der Waals surface area contributed by atoms with E-state index >= 15 is 0 Å². The molecule has 0 fully saturated rings. The molecule has 0 spiro atoms. The van der Waals surface area contributed by atoms with Crippen LogP contribution in [0.5, 0.6) is 0 Å². The van der Waals surface area contributed by atoms with Crippen LogP contribution in [0.1, 0.15) is 28.9 Å². The first-order valence-corrected chi connectivity index (χ1v) is 6.59. The molecule has 0 aliphatic heterocycles. The minimum atomic E-state index is -0.343. The van der Waals surface area contributed by atoms with Gasteiger partial charge in [-0.15, -0.1) is 0 Å². The van der Waals surface area contributed by atoms with Gasteiger partial charge in [0.05, 0.1) is 12.0 Å². The summed E-state index contributed by atoms with van der Waals surface area (Å²) in [7, 11) is 0. The normalized spacial score (nSPS) is 10.7. The number of carbonyl (C=O) groups is 1. The lowest BCUT2D eigenvalue weighted by Crippen LogP contribution is -2.04. The molecule has 1 N–H and O–H groups in total. The fraction of sp³-hybridized carbons (Fsp3) is 0.333. The minimum absolute atomic E-state index is 0.0180. The standard InChI is InChI=1S/C15H17FN2O2/c16-13-5-3-12(4-6-13)15(20)7-8-18-10-14(17-11-18)2-1-9-19/h3-6,10-11,19H,1-2,7-9H2. The summed E-state index contributed by atoms with van der Waals surface area (Å²) in [5.41, 5.74) is 1.43. The van der Waals surface area contributed by atoms with E-state index in [9.17, 15) is 9.18 Å². The van der Waals surface area contributed by atoms with Crippen molar-refractivity contribution in [2.45, 2.75) is 25.8 Å². The van der Waals surface area contributed by atoms with E-state index < -0.39 is 0 Å². The number of aliphatic hydroxyl groups excluding tert-OH is 1. The van der Waals surface area contributed by atoms with Gasteiger partial charge in [0.2, 0.25) is 0 Å². The van der Waals surface area contributed by atoms with Crippen molar-refractivity contribution in [3.8, 4) is 0 Å². The van der Waals surface area contributed by atoms with Gasteiger partial charge in [-0.05, 0) is 37.1 Å². The maximum atomic E-state index is 12.8. The van der Waals surface area contributed by atoms with Crippen molar-refractivity contribution in [1.82, 2.24) is 9.55 Å². The molecule has 106 valence electrons. The zero-order chi connectivity index (χ0) is 14.4. The van der Waals surface area contributed by atoms with Crippen LogP contribution in [0, 0.1) is 5.82 Å². The highest BCUT2D eigenvalue weighted by Gasteiger charge is 2.06. The molecule has 0 aliphatic carbocycles. The number of imidazole rings is 1. The van der Waals surface area contributed by atoms with E-state index in [0.29, 0.717) is 24.9 Å². The number of aliphatic hydroxyl groups is 1. The third-order valence-corrected chi connectivity index (χ3v) is 3.04. The molecule has 0 radical (unpaired) electrons. The number of carbonyl (C=O) groups excluding carboxylic acids is 1. The molecule has 2 rings (SSSR count). The molecule has 2 aromatic rings. The first-order valence-electron chi connectivity index (χ1n) is 6.59. The van der Waals surface area contributed by atoms with Crippen molar-refractivity contribution in [1.29, 1.82) is 0 Å². The number of nitrogens with zero attached hydrogens (tertiary/aromatic N) is 2. The molecule has 0 bridgehead atoms. The van der Waals surface area contributed by atoms with E-state index in [1.54, 1.807) is 6.33 Å². The topological polar surface area (TPSA) is 55.1 Å². The van der Waals surface area contributed by atoms with Gasteiger partial charge in [0.1, 0.15) is 5.82 Å². The van der Waals surface area contributed by atoms with Gasteiger partial charge >= 0.3 is 0 Å². The summed E-state index contributed by atoms with van der Waals surface area (Å²) >= 11 is 0. The second kappa shape index (κ2) is 6.96. The summed E-state index contributed by atoms with van der Waals surface area (Å²) in [6.07, 6.45) is 5.33. The second-order valence-electron chi connectivity index (χ2n) is 4.61. The number of ketones is 1. The quantitative estimate of drug-likeness (QED) is 0.789. The van der Waals surface area contributed by atoms with Gasteiger partial charge in [-0.2, -0.15) is 0 Å². The summed E-state index contributed by atoms with van der Waals surface area (Å²) < 4.78 is 14.6. The van der Waals surface area contributed by atoms with Crippen LogP contribution >= 0.6 is 0 Å². The van der Waals surface area contributed by atoms with Crippen LogP contribution in [0.4, 0.5) is 4.39 Å². The number of hydrogen-bond acceptors (Lipinski definition) is 3. The number of rotatable bonds is 7. The SMILES string of the molecule is O=C(CCn1cnc(CCCO)c1)c1ccc(F)cc1. The van der Waals surface area contributed by atoms with Crippen LogP contribution in [0.15, 0.2) is 36.8 Å². The van der Waals surface area contributed by atoms with Crippen molar-refractivity contribution in [2.24, 2.45) is 0 Å². The molecule has 20 heavy (non-hydrogen) atoms. The van der Waals surface area contributed by atoms with E-state index in [1.165, 1.54) is 24.3 Å². The Labute approximate surface area is 116 Å². The maximum Gasteiger partial charge on any atom is 0.164 e. The summed E-state index contributed by atoms with van der Waals surface area (Å²) in [4.78, 5) is 16.1. The van der Waals surface area contributed by atoms with Crippen LogP contribution in [0.2, 0.25) is 0 Å². The monoisotopic (exact) mass is 276 g/mol. The molecule has 5 heteroatoms. The molecule has 1 heterocycles. The van der Waals surface area contributed by atoms with Gasteiger partial charge in [-0.3, -0.25) is 4.79 Å². The lowest BCUT2D eigenvalue weighted by molar-refractivity contribution is 0.0977. The van der Waals surface area contributed by atoms with Gasteiger partial charge < -0.3 is 9.67 Å². The highest BCUT2D eigenvalue weighted by molar-refractivity contribution is 5.95. The molecular weight excluding hydrogens is 259 g/mol. The lowest BCUT2D eigenvalue weighted by Gasteiger charge is -2.02. The molecule has 0 aliphatic rings. The van der Waals surface area contributed by atoms with E-state index in [1.807, 2.05) is 10.8 Å². The molecule has 0 atom stereocenters. The van der Waals surface area contributed by atoms with Crippen molar-refractivity contribution in [2.75, 3.05) is 6.61 Å². The number of Topliss-reactive ketones (excluding diaryl/α,β-unsaturated/α-hetero) is 1. The van der Waals surface area contributed by atoms with Crippen LogP contribution < -0.4 is 0 Å². The zero-order valence-electron chi connectivity index (χ0n) is 11.1. The van der Waals surface area contributed by atoms with Crippen molar-refractivity contribution >= 4 is 5.78 Å². The molecular formula is C15H17FN2O2. The Hall–Kier alpha value is -2.01. The van der Waals surface area contributed by atoms with Crippen molar-refractivity contribution in [3.63, 3.8) is 0 Å². The highest BCUT2D eigenvalue weighted by atomic mass is 19.1. The van der Waals surface area contributed by atoms with Gasteiger partial charge in [0.15, 0.2) is 5.78 Å². The fourth-order valence-corrected chi connectivity index (χ4v) is 1.93. The Morgan fingerprint density at radius 2 is 2.05 bits per heavy atom. The summed E-state index contributed by atoms with van der Waals surface area (Å²) in [5.74, 6) is -0.361. The largest absolute Gasteiger partial charge is 0.396 e. The third-order valence-electron chi connectivity index (χ3n) is 3.04. The van der Waals surface area contributed by atoms with Crippen LogP contribution in [-0.2, 0) is 13.0 Å². The smallest absolute Gasteiger partial charge is 0.164 e. The average Bonchev–Trinajstić information content (AvgIpc) is 2.91. The van der Waals surface area contributed by atoms with Gasteiger partial charge in [0.25, 0.3) is 0 Å². The summed E-state index contributed by atoms with van der Waals surface area (Å²) in [5, 5.41) is 8.75. The van der Waals surface area contributed by atoms with E-state index in [4.69, 9.17) is 5.11 Å². The fourth-order valence-electron chi connectivity index (χ4n) is 1.93. The van der Waals surface area contributed by atoms with Crippen LogP contribution in [-0.4, -0.2) is 27.0 Å². The predicted molar refractivity (Wildman–Crippen MR) is 73.0 cm³/mol. The minimum Gasteiger partial charge on any atom is -0.396 e. The molecule has 1 aromatic carbocycles. The average molecular weight is 276 g/mol. The predicted octanol–water partition coefficient (Wildman–Crippen LogP) is 2.22. The van der Waals surface area contributed by atoms with E-state index in [2.05, 4.69) is 4.98 Å². The lowest BCUT2D eigenvalue weighted by atomic mass is 10.1. The number of aryl methyl sites for hydroxylation is 2. The molecule has 0 saturated carbocycles. The zero-order valence-corrected chi connectivity index (χ0v) is 11.1.